The fourth-order valence-corrected chi connectivity index (χ4v) is 3.10. The van der Waals surface area contributed by atoms with Gasteiger partial charge in [0.1, 0.15) is 0 Å². The van der Waals surface area contributed by atoms with Crippen molar-refractivity contribution in [1.29, 1.82) is 0 Å². The summed E-state index contributed by atoms with van der Waals surface area (Å²) in [5.74, 6) is 0. The Hall–Kier alpha value is -1.74. The highest BCUT2D eigenvalue weighted by Gasteiger charge is 2.16. The van der Waals surface area contributed by atoms with Crippen molar-refractivity contribution in [2.45, 2.75) is 70.9 Å². The Kier molecular flexibility index (Phi) is 7.38. The maximum Gasteiger partial charge on any atom is 0.0299 e. The van der Waals surface area contributed by atoms with Gasteiger partial charge in [0.05, 0.1) is 0 Å². The molecule has 0 amide bonds. The molecule has 0 bridgehead atoms. The topological polar surface area (TPSA) is 37.8 Å². The van der Waals surface area contributed by atoms with Gasteiger partial charge in [-0.25, -0.2) is 0 Å². The number of rotatable bonds is 9. The summed E-state index contributed by atoms with van der Waals surface area (Å²) in [6, 6.07) is 8.95. The van der Waals surface area contributed by atoms with Gasteiger partial charge < -0.3 is 5.32 Å². The van der Waals surface area contributed by atoms with Gasteiger partial charge in [-0.05, 0) is 82.6 Å². The predicted molar refractivity (Wildman–Crippen MR) is 101 cm³/mol. The number of pyridine rings is 2. The Morgan fingerprint density at radius 3 is 1.75 bits per heavy atom. The minimum Gasteiger partial charge on any atom is -0.309 e. The largest absolute Gasteiger partial charge is 0.309 e. The number of hydrogen-bond acceptors (Lipinski definition) is 3. The van der Waals surface area contributed by atoms with E-state index in [1.807, 2.05) is 36.9 Å². The Morgan fingerprint density at radius 1 is 0.875 bits per heavy atom. The first-order valence-corrected chi connectivity index (χ1v) is 9.08. The van der Waals surface area contributed by atoms with Crippen LogP contribution in [0.4, 0.5) is 0 Å². The zero-order valence-corrected chi connectivity index (χ0v) is 15.3. The quantitative estimate of drug-likeness (QED) is 0.733. The van der Waals surface area contributed by atoms with E-state index in [1.54, 1.807) is 0 Å². The van der Waals surface area contributed by atoms with E-state index in [4.69, 9.17) is 0 Å². The fraction of sp³-hybridized carbons (Fsp3) is 0.524. The lowest BCUT2D eigenvalue weighted by Gasteiger charge is -2.29. The van der Waals surface area contributed by atoms with Gasteiger partial charge >= 0.3 is 0 Å². The summed E-state index contributed by atoms with van der Waals surface area (Å²) in [4.78, 5) is 8.41. The van der Waals surface area contributed by atoms with E-state index in [0.717, 1.165) is 12.8 Å². The minimum absolute atomic E-state index is 0.160. The molecule has 0 atom stereocenters. The second kappa shape index (κ2) is 9.53. The van der Waals surface area contributed by atoms with Crippen molar-refractivity contribution in [3.63, 3.8) is 0 Å². The standard InChI is InChI=1S/C21H31N3/c1-21(2,3)24-20(12-4-8-18-10-6-14-22-16-18)13-5-9-19-11-7-15-23-17-19/h6-7,10-11,14-17,20,24H,4-5,8-9,12-13H2,1-3H3. The van der Waals surface area contributed by atoms with Crippen LogP contribution in [0, 0.1) is 0 Å². The highest BCUT2D eigenvalue weighted by atomic mass is 15.0. The van der Waals surface area contributed by atoms with Crippen molar-refractivity contribution in [2.24, 2.45) is 0 Å². The van der Waals surface area contributed by atoms with E-state index < -0.39 is 0 Å². The molecular weight excluding hydrogens is 294 g/mol. The van der Waals surface area contributed by atoms with Gasteiger partial charge in [-0.1, -0.05) is 12.1 Å². The molecule has 0 spiro atoms. The van der Waals surface area contributed by atoms with E-state index >= 15 is 0 Å². The average Bonchev–Trinajstić information content (AvgIpc) is 2.55. The van der Waals surface area contributed by atoms with Crippen LogP contribution in [0.5, 0.6) is 0 Å². The van der Waals surface area contributed by atoms with Gasteiger partial charge in [0.2, 0.25) is 0 Å². The fourth-order valence-electron chi connectivity index (χ4n) is 3.10. The molecule has 2 aromatic heterocycles. The lowest BCUT2D eigenvalue weighted by atomic mass is 9.97. The molecule has 0 fully saturated rings. The maximum atomic E-state index is 4.20. The second-order valence-corrected chi connectivity index (χ2v) is 7.60. The van der Waals surface area contributed by atoms with Gasteiger partial charge in [0.25, 0.3) is 0 Å². The van der Waals surface area contributed by atoms with E-state index in [0.29, 0.717) is 6.04 Å². The van der Waals surface area contributed by atoms with Crippen molar-refractivity contribution < 1.29 is 0 Å². The Balaban J connectivity index is 1.78. The predicted octanol–water partition coefficient (Wildman–Crippen LogP) is 4.58. The molecule has 0 aliphatic rings. The number of aromatic nitrogens is 2. The van der Waals surface area contributed by atoms with Gasteiger partial charge in [0.15, 0.2) is 0 Å². The van der Waals surface area contributed by atoms with E-state index in [-0.39, 0.29) is 5.54 Å². The van der Waals surface area contributed by atoms with Gasteiger partial charge in [-0.15, -0.1) is 0 Å². The van der Waals surface area contributed by atoms with Crippen molar-refractivity contribution in [3.8, 4) is 0 Å². The van der Waals surface area contributed by atoms with Gasteiger partial charge in [0, 0.05) is 36.4 Å². The van der Waals surface area contributed by atoms with Gasteiger partial charge in [-0.2, -0.15) is 0 Å². The molecule has 0 radical (unpaired) electrons. The van der Waals surface area contributed by atoms with Crippen LogP contribution in [0.1, 0.15) is 57.6 Å². The van der Waals surface area contributed by atoms with E-state index in [2.05, 4.69) is 48.2 Å². The Labute approximate surface area is 146 Å². The molecule has 2 heterocycles. The molecule has 0 saturated carbocycles. The molecule has 2 aromatic rings. The lowest BCUT2D eigenvalue weighted by Crippen LogP contribution is -2.43. The average molecular weight is 326 g/mol. The first kappa shape index (κ1) is 18.6. The summed E-state index contributed by atoms with van der Waals surface area (Å²) < 4.78 is 0. The Morgan fingerprint density at radius 2 is 1.38 bits per heavy atom. The third-order valence-corrected chi connectivity index (χ3v) is 4.12. The zero-order chi connectivity index (χ0) is 17.3. The second-order valence-electron chi connectivity index (χ2n) is 7.60. The number of aryl methyl sites for hydroxylation is 2. The van der Waals surface area contributed by atoms with Crippen LogP contribution < -0.4 is 5.32 Å². The molecule has 0 aliphatic heterocycles. The molecule has 2 rings (SSSR count). The van der Waals surface area contributed by atoms with Crippen LogP contribution in [0.3, 0.4) is 0 Å². The lowest BCUT2D eigenvalue weighted by molar-refractivity contribution is 0.323. The SMILES string of the molecule is CC(C)(C)NC(CCCc1cccnc1)CCCc1cccnc1. The van der Waals surface area contributed by atoms with Crippen LogP contribution in [-0.4, -0.2) is 21.5 Å². The van der Waals surface area contributed by atoms with Crippen molar-refractivity contribution in [2.75, 3.05) is 0 Å². The molecule has 0 aliphatic carbocycles. The Bertz CT molecular complexity index is 515. The van der Waals surface area contributed by atoms with Crippen LogP contribution >= 0.6 is 0 Å². The first-order valence-electron chi connectivity index (χ1n) is 9.08. The van der Waals surface area contributed by atoms with Crippen LogP contribution in [-0.2, 0) is 12.8 Å². The molecule has 24 heavy (non-hydrogen) atoms. The summed E-state index contributed by atoms with van der Waals surface area (Å²) in [5.41, 5.74) is 2.83. The molecule has 130 valence electrons. The molecule has 0 unspecified atom stereocenters. The monoisotopic (exact) mass is 325 g/mol. The number of hydrogen-bond donors (Lipinski definition) is 1. The smallest absolute Gasteiger partial charge is 0.0299 e. The molecule has 3 nitrogen and oxygen atoms in total. The van der Waals surface area contributed by atoms with E-state index in [9.17, 15) is 0 Å². The number of nitrogens with one attached hydrogen (secondary N) is 1. The minimum atomic E-state index is 0.160. The van der Waals surface area contributed by atoms with Gasteiger partial charge in [-0.3, -0.25) is 9.97 Å². The molecule has 0 saturated heterocycles. The first-order chi connectivity index (χ1) is 11.5. The zero-order valence-electron chi connectivity index (χ0n) is 15.3. The molecule has 3 heteroatoms. The summed E-state index contributed by atoms with van der Waals surface area (Å²) in [6.45, 7) is 6.76. The summed E-state index contributed by atoms with van der Waals surface area (Å²) in [7, 11) is 0. The highest BCUT2D eigenvalue weighted by molar-refractivity contribution is 5.09. The molecule has 1 N–H and O–H groups in total. The maximum absolute atomic E-state index is 4.20. The van der Waals surface area contributed by atoms with Crippen molar-refractivity contribution in [1.82, 2.24) is 15.3 Å². The summed E-state index contributed by atoms with van der Waals surface area (Å²) >= 11 is 0. The van der Waals surface area contributed by atoms with Crippen LogP contribution in [0.2, 0.25) is 0 Å². The number of nitrogens with zero attached hydrogens (tertiary/aromatic N) is 2. The third kappa shape index (κ3) is 7.69. The van der Waals surface area contributed by atoms with Crippen molar-refractivity contribution in [3.05, 3.63) is 60.2 Å². The summed E-state index contributed by atoms with van der Waals surface area (Å²) in [5, 5.41) is 3.80. The van der Waals surface area contributed by atoms with E-state index in [1.165, 1.54) is 36.8 Å². The van der Waals surface area contributed by atoms with Crippen LogP contribution in [0.15, 0.2) is 49.1 Å². The molecule has 0 aromatic carbocycles. The van der Waals surface area contributed by atoms with Crippen LogP contribution in [0.25, 0.3) is 0 Å². The normalized spacial score (nSPS) is 11.8. The third-order valence-electron chi connectivity index (χ3n) is 4.12. The summed E-state index contributed by atoms with van der Waals surface area (Å²) in [6.07, 6.45) is 14.7. The molecular formula is C21H31N3. The van der Waals surface area contributed by atoms with Crippen molar-refractivity contribution >= 4 is 0 Å². The highest BCUT2D eigenvalue weighted by Crippen LogP contribution is 2.15.